The van der Waals surface area contributed by atoms with Crippen molar-refractivity contribution in [2.45, 2.75) is 51.7 Å². The Morgan fingerprint density at radius 3 is 2.73 bits per heavy atom. The Hall–Kier alpha value is -2.83. The smallest absolute Gasteiger partial charge is 0.273 e. The molecule has 0 aliphatic heterocycles. The standard InChI is InChI=1S/C19H23N3O4/c1-2-3-4-18(23)20-13-7-9-15(10-8-13)25-12-16-11-17(22-26-16)19(24)21-14-5-6-14/h7-11,14H,2-6,12H2,1H3,(H,20,23)(H,21,24). The average Bonchev–Trinajstić information content (AvgIpc) is 3.32. The van der Waals surface area contributed by atoms with Crippen molar-refractivity contribution in [3.8, 4) is 5.75 Å². The number of carbonyl (C=O) groups excluding carboxylic acids is 2. The quantitative estimate of drug-likeness (QED) is 0.718. The van der Waals surface area contributed by atoms with E-state index in [1.54, 1.807) is 30.3 Å². The molecule has 1 aromatic heterocycles. The van der Waals surface area contributed by atoms with Crippen LogP contribution in [-0.4, -0.2) is 23.0 Å². The molecular weight excluding hydrogens is 334 g/mol. The summed E-state index contributed by atoms with van der Waals surface area (Å²) >= 11 is 0. The van der Waals surface area contributed by atoms with Crippen molar-refractivity contribution in [2.75, 3.05) is 5.32 Å². The number of ether oxygens (including phenoxy) is 1. The molecule has 2 N–H and O–H groups in total. The van der Waals surface area contributed by atoms with Gasteiger partial charge in [-0.15, -0.1) is 0 Å². The third kappa shape index (κ3) is 5.34. The largest absolute Gasteiger partial charge is 0.486 e. The predicted octanol–water partition coefficient (Wildman–Crippen LogP) is 3.27. The molecule has 1 aromatic carbocycles. The van der Waals surface area contributed by atoms with Crippen molar-refractivity contribution in [1.82, 2.24) is 10.5 Å². The minimum Gasteiger partial charge on any atom is -0.486 e. The molecule has 26 heavy (non-hydrogen) atoms. The summed E-state index contributed by atoms with van der Waals surface area (Å²) in [5, 5.41) is 9.47. The van der Waals surface area contributed by atoms with Crippen molar-refractivity contribution in [2.24, 2.45) is 0 Å². The first kappa shape index (κ1) is 18.0. The van der Waals surface area contributed by atoms with E-state index < -0.39 is 0 Å². The van der Waals surface area contributed by atoms with E-state index in [4.69, 9.17) is 9.26 Å². The lowest BCUT2D eigenvalue weighted by Gasteiger charge is -2.07. The van der Waals surface area contributed by atoms with Gasteiger partial charge >= 0.3 is 0 Å². The molecular formula is C19H23N3O4. The molecule has 1 heterocycles. The normalized spacial score (nSPS) is 13.3. The lowest BCUT2D eigenvalue weighted by atomic mass is 10.2. The maximum Gasteiger partial charge on any atom is 0.273 e. The Kier molecular flexibility index (Phi) is 5.88. The van der Waals surface area contributed by atoms with E-state index in [0.717, 1.165) is 31.4 Å². The molecule has 0 unspecified atom stereocenters. The van der Waals surface area contributed by atoms with Gasteiger partial charge in [0, 0.05) is 24.2 Å². The zero-order valence-electron chi connectivity index (χ0n) is 14.8. The van der Waals surface area contributed by atoms with Crippen LogP contribution in [0.15, 0.2) is 34.9 Å². The summed E-state index contributed by atoms with van der Waals surface area (Å²) in [5.41, 5.74) is 0.998. The van der Waals surface area contributed by atoms with Gasteiger partial charge in [-0.1, -0.05) is 18.5 Å². The van der Waals surface area contributed by atoms with E-state index in [9.17, 15) is 9.59 Å². The second-order valence-corrected chi connectivity index (χ2v) is 6.39. The molecule has 0 radical (unpaired) electrons. The van der Waals surface area contributed by atoms with E-state index in [1.165, 1.54) is 0 Å². The summed E-state index contributed by atoms with van der Waals surface area (Å²) in [4.78, 5) is 23.6. The molecule has 7 nitrogen and oxygen atoms in total. The molecule has 2 aromatic rings. The van der Waals surface area contributed by atoms with Gasteiger partial charge in [-0.25, -0.2) is 0 Å². The highest BCUT2D eigenvalue weighted by atomic mass is 16.5. The number of hydrogen-bond donors (Lipinski definition) is 2. The molecule has 0 spiro atoms. The molecule has 1 aliphatic rings. The minimum atomic E-state index is -0.217. The summed E-state index contributed by atoms with van der Waals surface area (Å²) in [5.74, 6) is 0.907. The Labute approximate surface area is 152 Å². The van der Waals surface area contributed by atoms with Crippen LogP contribution in [0.1, 0.15) is 55.3 Å². The number of amides is 2. The van der Waals surface area contributed by atoms with Crippen molar-refractivity contribution in [3.63, 3.8) is 0 Å². The van der Waals surface area contributed by atoms with Crippen LogP contribution in [0.2, 0.25) is 0 Å². The molecule has 138 valence electrons. The van der Waals surface area contributed by atoms with Gasteiger partial charge in [0.05, 0.1) is 0 Å². The number of nitrogens with zero attached hydrogens (tertiary/aromatic N) is 1. The van der Waals surface area contributed by atoms with Crippen LogP contribution >= 0.6 is 0 Å². The first-order valence-corrected chi connectivity index (χ1v) is 8.93. The molecule has 0 bridgehead atoms. The Balaban J connectivity index is 1.46. The maximum absolute atomic E-state index is 11.9. The van der Waals surface area contributed by atoms with Gasteiger partial charge in [0.1, 0.15) is 12.4 Å². The lowest BCUT2D eigenvalue weighted by Crippen LogP contribution is -2.25. The van der Waals surface area contributed by atoms with Crippen LogP contribution in [0.5, 0.6) is 5.75 Å². The number of carbonyl (C=O) groups is 2. The molecule has 3 rings (SSSR count). The van der Waals surface area contributed by atoms with Crippen LogP contribution in [0.4, 0.5) is 5.69 Å². The van der Waals surface area contributed by atoms with Gasteiger partial charge in [-0.2, -0.15) is 0 Å². The molecule has 7 heteroatoms. The number of benzene rings is 1. The summed E-state index contributed by atoms with van der Waals surface area (Å²) < 4.78 is 10.8. The fourth-order valence-corrected chi connectivity index (χ4v) is 2.32. The van der Waals surface area contributed by atoms with Gasteiger partial charge in [-0.3, -0.25) is 9.59 Å². The van der Waals surface area contributed by atoms with Crippen LogP contribution < -0.4 is 15.4 Å². The van der Waals surface area contributed by atoms with Gasteiger partial charge in [-0.05, 0) is 43.5 Å². The highest BCUT2D eigenvalue weighted by Crippen LogP contribution is 2.20. The molecule has 0 atom stereocenters. The molecule has 1 aliphatic carbocycles. The van der Waals surface area contributed by atoms with Gasteiger partial charge in [0.25, 0.3) is 5.91 Å². The van der Waals surface area contributed by atoms with Gasteiger partial charge < -0.3 is 19.9 Å². The van der Waals surface area contributed by atoms with Crippen molar-refractivity contribution >= 4 is 17.5 Å². The van der Waals surface area contributed by atoms with E-state index in [1.807, 2.05) is 0 Å². The number of nitrogens with one attached hydrogen (secondary N) is 2. The Morgan fingerprint density at radius 1 is 1.27 bits per heavy atom. The maximum atomic E-state index is 11.9. The third-order valence-electron chi connectivity index (χ3n) is 3.98. The first-order valence-electron chi connectivity index (χ1n) is 8.93. The van der Waals surface area contributed by atoms with Crippen molar-refractivity contribution in [1.29, 1.82) is 0 Å². The van der Waals surface area contributed by atoms with Crippen LogP contribution in [0.3, 0.4) is 0 Å². The SMILES string of the molecule is CCCCC(=O)Nc1ccc(OCc2cc(C(=O)NC3CC3)no2)cc1. The zero-order chi connectivity index (χ0) is 18.4. The second-order valence-electron chi connectivity index (χ2n) is 6.39. The predicted molar refractivity (Wildman–Crippen MR) is 95.9 cm³/mol. The zero-order valence-corrected chi connectivity index (χ0v) is 14.8. The summed E-state index contributed by atoms with van der Waals surface area (Å²) in [6, 6.07) is 8.97. The average molecular weight is 357 g/mol. The number of anilines is 1. The number of hydrogen-bond acceptors (Lipinski definition) is 5. The van der Waals surface area contributed by atoms with E-state index >= 15 is 0 Å². The van der Waals surface area contributed by atoms with Gasteiger partial charge in [0.15, 0.2) is 11.5 Å². The van der Waals surface area contributed by atoms with Crippen LogP contribution in [-0.2, 0) is 11.4 Å². The van der Waals surface area contributed by atoms with Crippen molar-refractivity contribution < 1.29 is 18.8 Å². The highest BCUT2D eigenvalue weighted by Gasteiger charge is 2.25. The van der Waals surface area contributed by atoms with E-state index in [-0.39, 0.29) is 30.2 Å². The minimum absolute atomic E-state index is 0.0131. The summed E-state index contributed by atoms with van der Waals surface area (Å²) in [6.45, 7) is 2.22. The Bertz CT molecular complexity index is 750. The monoisotopic (exact) mass is 357 g/mol. The third-order valence-corrected chi connectivity index (χ3v) is 3.98. The number of unbranched alkanes of at least 4 members (excludes halogenated alkanes) is 1. The van der Waals surface area contributed by atoms with E-state index in [0.29, 0.717) is 17.9 Å². The molecule has 0 saturated heterocycles. The van der Waals surface area contributed by atoms with Crippen LogP contribution in [0, 0.1) is 0 Å². The highest BCUT2D eigenvalue weighted by molar-refractivity contribution is 5.92. The van der Waals surface area contributed by atoms with Gasteiger partial charge in [0.2, 0.25) is 5.91 Å². The second kappa shape index (κ2) is 8.51. The lowest BCUT2D eigenvalue weighted by molar-refractivity contribution is -0.116. The molecule has 1 fully saturated rings. The first-order chi connectivity index (χ1) is 12.6. The number of rotatable bonds is 9. The number of aromatic nitrogens is 1. The fourth-order valence-electron chi connectivity index (χ4n) is 2.32. The summed E-state index contributed by atoms with van der Waals surface area (Å²) in [7, 11) is 0. The Morgan fingerprint density at radius 2 is 2.04 bits per heavy atom. The topological polar surface area (TPSA) is 93.5 Å². The molecule has 2 amide bonds. The summed E-state index contributed by atoms with van der Waals surface area (Å²) in [6.07, 6.45) is 4.44. The molecule has 1 saturated carbocycles. The fraction of sp³-hybridized carbons (Fsp3) is 0.421. The van der Waals surface area contributed by atoms with Crippen molar-refractivity contribution in [3.05, 3.63) is 41.8 Å². The van der Waals surface area contributed by atoms with Crippen LogP contribution in [0.25, 0.3) is 0 Å². The van der Waals surface area contributed by atoms with E-state index in [2.05, 4.69) is 22.7 Å².